The molecule has 8 heteroatoms. The molecule has 1 aromatic heterocycles. The van der Waals surface area contributed by atoms with Gasteiger partial charge in [-0.15, -0.1) is 0 Å². The van der Waals surface area contributed by atoms with Gasteiger partial charge in [0, 0.05) is 19.6 Å². The average Bonchev–Trinajstić information content (AvgIpc) is 2.66. The molecule has 0 N–H and O–H groups in total. The van der Waals surface area contributed by atoms with Crippen LogP contribution in [0.1, 0.15) is 64.5 Å². The van der Waals surface area contributed by atoms with Gasteiger partial charge in [-0.25, -0.2) is 14.6 Å². The molecule has 29 heavy (non-hydrogen) atoms. The highest BCUT2D eigenvalue weighted by atomic mass is 16.6. The third-order valence-electron chi connectivity index (χ3n) is 4.23. The van der Waals surface area contributed by atoms with Gasteiger partial charge in [-0.2, -0.15) is 5.26 Å². The highest BCUT2D eigenvalue weighted by molar-refractivity contribution is 5.91. The molecule has 0 bridgehead atoms. The van der Waals surface area contributed by atoms with Crippen molar-refractivity contribution in [3.8, 4) is 6.07 Å². The molecule has 2 heterocycles. The minimum Gasteiger partial charge on any atom is -0.465 e. The fourth-order valence-corrected chi connectivity index (χ4v) is 2.99. The van der Waals surface area contributed by atoms with Gasteiger partial charge in [0.1, 0.15) is 17.5 Å². The number of esters is 1. The molecule has 160 valence electrons. The summed E-state index contributed by atoms with van der Waals surface area (Å²) in [6.45, 7) is 14.9. The van der Waals surface area contributed by atoms with Gasteiger partial charge in [0.2, 0.25) is 0 Å². The second-order valence-electron chi connectivity index (χ2n) is 8.03. The van der Waals surface area contributed by atoms with Crippen LogP contribution in [0, 0.1) is 11.3 Å². The van der Waals surface area contributed by atoms with Gasteiger partial charge in [0.15, 0.2) is 5.69 Å². The van der Waals surface area contributed by atoms with Crippen molar-refractivity contribution in [2.45, 2.75) is 59.6 Å². The van der Waals surface area contributed by atoms with Gasteiger partial charge in [-0.1, -0.05) is 13.8 Å². The quantitative estimate of drug-likeness (QED) is 0.695. The Kier molecular flexibility index (Phi) is 8.01. The predicted octanol–water partition coefficient (Wildman–Crippen LogP) is 3.60. The molecule has 0 unspecified atom stereocenters. The number of carbonyl (C=O) groups excluding carboxylic acids is 2. The summed E-state index contributed by atoms with van der Waals surface area (Å²) in [5.41, 5.74) is -0.894. The van der Waals surface area contributed by atoms with Crippen molar-refractivity contribution in [2.75, 3.05) is 31.6 Å². The number of hydrogen-bond donors (Lipinski definition) is 0. The maximum atomic E-state index is 12.5. The Hall–Kier alpha value is -2.82. The van der Waals surface area contributed by atoms with Crippen LogP contribution in [0.25, 0.3) is 0 Å². The van der Waals surface area contributed by atoms with Gasteiger partial charge < -0.3 is 14.4 Å². The molecule has 1 aliphatic heterocycles. The lowest BCUT2D eigenvalue weighted by atomic mass is 9.99. The number of ether oxygens (including phenoxy) is 2. The number of carbonyl (C=O) groups is 2. The Labute approximate surface area is 173 Å². The number of methoxy groups -OCH3 is 1. The first-order valence-electron chi connectivity index (χ1n) is 9.73. The van der Waals surface area contributed by atoms with Gasteiger partial charge in [-0.3, -0.25) is 4.90 Å². The van der Waals surface area contributed by atoms with Crippen LogP contribution >= 0.6 is 0 Å². The van der Waals surface area contributed by atoms with Crippen molar-refractivity contribution < 1.29 is 19.1 Å². The van der Waals surface area contributed by atoms with Crippen LogP contribution in [0.15, 0.2) is 12.1 Å². The van der Waals surface area contributed by atoms with E-state index in [1.807, 2.05) is 59.4 Å². The lowest BCUT2D eigenvalue weighted by molar-refractivity contribution is 0.000285. The number of nitriles is 1. The Morgan fingerprint density at radius 2 is 1.83 bits per heavy atom. The average molecular weight is 405 g/mol. The lowest BCUT2D eigenvalue weighted by Gasteiger charge is -2.47. The van der Waals surface area contributed by atoms with Crippen molar-refractivity contribution in [2.24, 2.45) is 0 Å². The predicted molar refractivity (Wildman–Crippen MR) is 111 cm³/mol. The Balaban J connectivity index is 0.00000204. The number of aromatic nitrogens is 1. The van der Waals surface area contributed by atoms with E-state index < -0.39 is 17.1 Å². The summed E-state index contributed by atoms with van der Waals surface area (Å²) >= 11 is 0. The van der Waals surface area contributed by atoms with Crippen molar-refractivity contribution >= 4 is 17.9 Å². The number of hydrogen-bond acceptors (Lipinski definition) is 7. The van der Waals surface area contributed by atoms with Crippen molar-refractivity contribution in [1.29, 1.82) is 5.26 Å². The summed E-state index contributed by atoms with van der Waals surface area (Å²) in [5.74, 6) is -0.0169. The normalized spacial score (nSPS) is 15.6. The molecule has 1 fully saturated rings. The first-order chi connectivity index (χ1) is 13.5. The molecule has 0 saturated carbocycles. The van der Waals surface area contributed by atoms with E-state index in [1.54, 1.807) is 17.0 Å². The van der Waals surface area contributed by atoms with E-state index in [0.29, 0.717) is 25.5 Å². The van der Waals surface area contributed by atoms with E-state index in [1.165, 1.54) is 7.11 Å². The molecule has 0 radical (unpaired) electrons. The first-order valence-corrected chi connectivity index (χ1v) is 9.73. The minimum absolute atomic E-state index is 0.0201. The van der Waals surface area contributed by atoms with Gasteiger partial charge >= 0.3 is 12.1 Å². The number of rotatable bonds is 2. The van der Waals surface area contributed by atoms with Crippen LogP contribution in [0.2, 0.25) is 0 Å². The van der Waals surface area contributed by atoms with Crippen LogP contribution in [0.3, 0.4) is 0 Å². The maximum absolute atomic E-state index is 12.5. The SMILES string of the molecule is CC.COC(=O)c1ccc(N2CCN(C(=O)OC(C)(C)C)C(C)(C)C2)nc1C#N. The van der Waals surface area contributed by atoms with Gasteiger partial charge in [-0.05, 0) is 46.8 Å². The molecule has 0 aromatic carbocycles. The molecule has 1 amide bonds. The number of piperazine rings is 1. The first kappa shape index (κ1) is 24.2. The molecule has 1 aromatic rings. The number of pyridine rings is 1. The summed E-state index contributed by atoms with van der Waals surface area (Å²) in [4.78, 5) is 32.2. The molecule has 0 aliphatic carbocycles. The van der Waals surface area contributed by atoms with E-state index in [0.717, 1.165) is 0 Å². The third kappa shape index (κ3) is 6.08. The van der Waals surface area contributed by atoms with Crippen molar-refractivity contribution in [3.05, 3.63) is 23.4 Å². The summed E-state index contributed by atoms with van der Waals surface area (Å²) in [6.07, 6.45) is -0.348. The largest absolute Gasteiger partial charge is 0.465 e. The number of anilines is 1. The highest BCUT2D eigenvalue weighted by Gasteiger charge is 2.39. The standard InChI is InChI=1S/C19H26N4O4.C2H6/c1-18(2,3)27-17(25)23-10-9-22(12-19(23,4)5)15-8-7-13(16(24)26-6)14(11-20)21-15;1-2/h7-8H,9-10,12H2,1-6H3;1-2H3. The van der Waals surface area contributed by atoms with E-state index >= 15 is 0 Å². The van der Waals surface area contributed by atoms with E-state index in [9.17, 15) is 14.9 Å². The number of nitrogens with zero attached hydrogens (tertiary/aromatic N) is 4. The molecule has 0 atom stereocenters. The van der Waals surface area contributed by atoms with E-state index in [-0.39, 0.29) is 17.4 Å². The lowest BCUT2D eigenvalue weighted by Crippen LogP contribution is -2.62. The zero-order valence-corrected chi connectivity index (χ0v) is 18.7. The second-order valence-corrected chi connectivity index (χ2v) is 8.03. The number of amides is 1. The van der Waals surface area contributed by atoms with E-state index in [2.05, 4.69) is 9.72 Å². The smallest absolute Gasteiger partial charge is 0.410 e. The van der Waals surface area contributed by atoms with Crippen LogP contribution in [0.5, 0.6) is 0 Å². The molecule has 1 aliphatic rings. The zero-order valence-electron chi connectivity index (χ0n) is 18.7. The van der Waals surface area contributed by atoms with E-state index in [4.69, 9.17) is 4.74 Å². The zero-order chi connectivity index (χ0) is 22.4. The Morgan fingerprint density at radius 3 is 2.31 bits per heavy atom. The summed E-state index contributed by atoms with van der Waals surface area (Å²) < 4.78 is 10.2. The van der Waals surface area contributed by atoms with Crippen LogP contribution in [-0.2, 0) is 9.47 Å². The Bertz CT molecular complexity index is 778. The van der Waals surface area contributed by atoms with Crippen LogP contribution in [-0.4, -0.2) is 59.8 Å². The molecule has 0 spiro atoms. The summed E-state index contributed by atoms with van der Waals surface area (Å²) in [5, 5.41) is 9.30. The molecule has 2 rings (SSSR count). The van der Waals surface area contributed by atoms with Crippen LogP contribution in [0.4, 0.5) is 10.6 Å². The summed E-state index contributed by atoms with van der Waals surface area (Å²) in [7, 11) is 1.26. The van der Waals surface area contributed by atoms with Gasteiger partial charge in [0.05, 0.1) is 18.2 Å². The topological polar surface area (TPSA) is 95.8 Å². The second kappa shape index (κ2) is 9.59. The van der Waals surface area contributed by atoms with Crippen molar-refractivity contribution in [3.63, 3.8) is 0 Å². The van der Waals surface area contributed by atoms with Gasteiger partial charge in [0.25, 0.3) is 0 Å². The highest BCUT2D eigenvalue weighted by Crippen LogP contribution is 2.27. The summed E-state index contributed by atoms with van der Waals surface area (Å²) in [6, 6.07) is 5.17. The fraction of sp³-hybridized carbons (Fsp3) is 0.619. The Morgan fingerprint density at radius 1 is 1.21 bits per heavy atom. The molecule has 8 nitrogen and oxygen atoms in total. The monoisotopic (exact) mass is 404 g/mol. The van der Waals surface area contributed by atoms with Crippen LogP contribution < -0.4 is 4.90 Å². The van der Waals surface area contributed by atoms with Crippen molar-refractivity contribution in [1.82, 2.24) is 9.88 Å². The third-order valence-corrected chi connectivity index (χ3v) is 4.23. The molecule has 1 saturated heterocycles. The molecular formula is C21H32N4O4. The molecular weight excluding hydrogens is 372 g/mol. The maximum Gasteiger partial charge on any atom is 0.410 e. The minimum atomic E-state index is -0.597. The fourth-order valence-electron chi connectivity index (χ4n) is 2.99.